The molecule has 0 spiro atoms. The number of nitrogens with zero attached hydrogens (tertiary/aromatic N) is 1. The molecule has 0 saturated carbocycles. The van der Waals surface area contributed by atoms with Gasteiger partial charge in [-0.3, -0.25) is 0 Å². The number of aryl methyl sites for hydroxylation is 2. The minimum absolute atomic E-state index is 0.358. The van der Waals surface area contributed by atoms with Crippen molar-refractivity contribution in [3.63, 3.8) is 0 Å². The summed E-state index contributed by atoms with van der Waals surface area (Å²) >= 11 is 0. The van der Waals surface area contributed by atoms with Gasteiger partial charge in [0.15, 0.2) is 0 Å². The maximum atomic E-state index is 10.9. The fourth-order valence-electron chi connectivity index (χ4n) is 2.29. The zero-order valence-electron chi connectivity index (χ0n) is 10.9. The van der Waals surface area contributed by atoms with Gasteiger partial charge < -0.3 is 14.1 Å². The fraction of sp³-hybridized carbons (Fsp3) is 0.267. The molecule has 0 aliphatic rings. The first-order valence-corrected chi connectivity index (χ1v) is 5.94. The van der Waals surface area contributed by atoms with E-state index in [2.05, 4.69) is 30.5 Å². The monoisotopic (exact) mass is 243 g/mol. The predicted molar refractivity (Wildman–Crippen MR) is 71.6 cm³/mol. The highest BCUT2D eigenvalue weighted by atomic mass is 16.5. The highest BCUT2D eigenvalue weighted by Crippen LogP contribution is 2.27. The van der Waals surface area contributed by atoms with Crippen molar-refractivity contribution in [3.8, 4) is 11.4 Å². The minimum Gasteiger partial charge on any atom is -0.496 e. The number of aromatic nitrogens is 1. The number of carbonyl (C=O) groups is 1. The first-order chi connectivity index (χ1) is 8.69. The van der Waals surface area contributed by atoms with Crippen molar-refractivity contribution in [2.24, 2.45) is 0 Å². The van der Waals surface area contributed by atoms with Crippen LogP contribution in [-0.2, 0) is 11.2 Å². The summed E-state index contributed by atoms with van der Waals surface area (Å²) in [7, 11) is 1.63. The topological polar surface area (TPSA) is 31.2 Å². The Kier molecular flexibility index (Phi) is 3.51. The number of rotatable bonds is 4. The van der Waals surface area contributed by atoms with Crippen molar-refractivity contribution in [3.05, 3.63) is 47.3 Å². The first kappa shape index (κ1) is 12.4. The molecule has 0 saturated heterocycles. The number of hydrogen-bond acceptors (Lipinski definition) is 2. The molecule has 0 unspecified atom stereocenters. The Balaban J connectivity index is 2.67. The van der Waals surface area contributed by atoms with E-state index in [9.17, 15) is 4.79 Å². The molecular formula is C15H17NO2. The average molecular weight is 243 g/mol. The predicted octanol–water partition coefficient (Wildman–Crippen LogP) is 2.84. The molecule has 0 aliphatic heterocycles. The van der Waals surface area contributed by atoms with Crippen LogP contribution in [0, 0.1) is 13.8 Å². The summed E-state index contributed by atoms with van der Waals surface area (Å²) in [6, 6.07) is 9.98. The standard InChI is InChI=1S/C15H17NO2/c1-11-7-8-12(2)16(11)14-5-4-6-15(18-3)13(14)9-10-17/h4-8,10H,9H2,1-3H3. The molecule has 0 radical (unpaired) electrons. The number of hydrogen-bond donors (Lipinski definition) is 0. The van der Waals surface area contributed by atoms with Gasteiger partial charge in [-0.1, -0.05) is 6.07 Å². The third-order valence-electron chi connectivity index (χ3n) is 3.13. The molecule has 18 heavy (non-hydrogen) atoms. The molecule has 0 bridgehead atoms. The van der Waals surface area contributed by atoms with Crippen LogP contribution in [0.15, 0.2) is 30.3 Å². The summed E-state index contributed by atoms with van der Waals surface area (Å²) in [5.41, 5.74) is 4.24. The summed E-state index contributed by atoms with van der Waals surface area (Å²) in [4.78, 5) is 10.9. The Morgan fingerprint density at radius 1 is 1.17 bits per heavy atom. The largest absolute Gasteiger partial charge is 0.496 e. The van der Waals surface area contributed by atoms with Crippen molar-refractivity contribution in [1.29, 1.82) is 0 Å². The summed E-state index contributed by atoms with van der Waals surface area (Å²) in [5, 5.41) is 0. The van der Waals surface area contributed by atoms with Gasteiger partial charge in [-0.25, -0.2) is 0 Å². The number of benzene rings is 1. The van der Waals surface area contributed by atoms with E-state index >= 15 is 0 Å². The molecular weight excluding hydrogens is 226 g/mol. The summed E-state index contributed by atoms with van der Waals surface area (Å²) < 4.78 is 7.48. The zero-order chi connectivity index (χ0) is 13.1. The summed E-state index contributed by atoms with van der Waals surface area (Å²) in [6.45, 7) is 4.11. The molecule has 2 aromatic rings. The lowest BCUT2D eigenvalue weighted by atomic mass is 10.1. The second-order valence-corrected chi connectivity index (χ2v) is 4.28. The number of ether oxygens (including phenoxy) is 1. The Morgan fingerprint density at radius 3 is 2.39 bits per heavy atom. The smallest absolute Gasteiger partial charge is 0.124 e. The van der Waals surface area contributed by atoms with Crippen LogP contribution >= 0.6 is 0 Å². The van der Waals surface area contributed by atoms with Crippen LogP contribution in [0.3, 0.4) is 0 Å². The van der Waals surface area contributed by atoms with Crippen molar-refractivity contribution < 1.29 is 9.53 Å². The highest BCUT2D eigenvalue weighted by Gasteiger charge is 2.12. The Bertz CT molecular complexity index is 550. The number of methoxy groups -OCH3 is 1. The van der Waals surface area contributed by atoms with E-state index in [-0.39, 0.29) is 0 Å². The SMILES string of the molecule is COc1cccc(-n2c(C)ccc2C)c1CC=O. The van der Waals surface area contributed by atoms with E-state index in [4.69, 9.17) is 4.74 Å². The van der Waals surface area contributed by atoms with Gasteiger partial charge in [0.25, 0.3) is 0 Å². The molecule has 94 valence electrons. The third kappa shape index (κ3) is 2.04. The van der Waals surface area contributed by atoms with E-state index in [1.54, 1.807) is 7.11 Å². The summed E-state index contributed by atoms with van der Waals surface area (Å²) in [5.74, 6) is 0.757. The van der Waals surface area contributed by atoms with Crippen LogP contribution < -0.4 is 4.74 Å². The molecule has 2 rings (SSSR count). The van der Waals surface area contributed by atoms with E-state index < -0.39 is 0 Å². The van der Waals surface area contributed by atoms with Crippen LogP contribution in [-0.4, -0.2) is 18.0 Å². The molecule has 0 N–H and O–H groups in total. The minimum atomic E-state index is 0.358. The van der Waals surface area contributed by atoms with Crippen LogP contribution in [0.4, 0.5) is 0 Å². The van der Waals surface area contributed by atoms with Crippen molar-refractivity contribution in [2.45, 2.75) is 20.3 Å². The average Bonchev–Trinajstić information content (AvgIpc) is 2.70. The molecule has 0 atom stereocenters. The van der Waals surface area contributed by atoms with Crippen LogP contribution in [0.2, 0.25) is 0 Å². The van der Waals surface area contributed by atoms with Crippen LogP contribution in [0.1, 0.15) is 17.0 Å². The normalized spacial score (nSPS) is 10.4. The van der Waals surface area contributed by atoms with E-state index in [0.29, 0.717) is 6.42 Å². The molecule has 1 aromatic carbocycles. The number of aldehydes is 1. The lowest BCUT2D eigenvalue weighted by Gasteiger charge is -2.16. The maximum Gasteiger partial charge on any atom is 0.124 e. The first-order valence-electron chi connectivity index (χ1n) is 5.94. The molecule has 1 aromatic heterocycles. The molecule has 0 aliphatic carbocycles. The van der Waals surface area contributed by atoms with Gasteiger partial charge in [-0.05, 0) is 38.1 Å². The van der Waals surface area contributed by atoms with Gasteiger partial charge in [0.2, 0.25) is 0 Å². The van der Waals surface area contributed by atoms with E-state index in [1.807, 2.05) is 18.2 Å². The van der Waals surface area contributed by atoms with Crippen LogP contribution in [0.5, 0.6) is 5.75 Å². The highest BCUT2D eigenvalue weighted by molar-refractivity contribution is 5.63. The van der Waals surface area contributed by atoms with Gasteiger partial charge >= 0.3 is 0 Å². The van der Waals surface area contributed by atoms with E-state index in [1.165, 1.54) is 0 Å². The lowest BCUT2D eigenvalue weighted by molar-refractivity contribution is -0.107. The quantitative estimate of drug-likeness (QED) is 0.773. The maximum absolute atomic E-state index is 10.9. The van der Waals surface area contributed by atoms with E-state index in [0.717, 1.165) is 34.7 Å². The van der Waals surface area contributed by atoms with Gasteiger partial charge in [0.05, 0.1) is 12.8 Å². The fourth-order valence-corrected chi connectivity index (χ4v) is 2.29. The molecule has 1 heterocycles. The van der Waals surface area contributed by atoms with Gasteiger partial charge in [-0.15, -0.1) is 0 Å². The summed E-state index contributed by atoms with van der Waals surface area (Å²) in [6.07, 6.45) is 1.27. The Hall–Kier alpha value is -2.03. The van der Waals surface area contributed by atoms with Crippen molar-refractivity contribution >= 4 is 6.29 Å². The van der Waals surface area contributed by atoms with Crippen LogP contribution in [0.25, 0.3) is 5.69 Å². The zero-order valence-corrected chi connectivity index (χ0v) is 10.9. The number of carbonyl (C=O) groups excluding carboxylic acids is 1. The second kappa shape index (κ2) is 5.08. The second-order valence-electron chi connectivity index (χ2n) is 4.28. The Morgan fingerprint density at radius 2 is 1.83 bits per heavy atom. The molecule has 3 nitrogen and oxygen atoms in total. The third-order valence-corrected chi connectivity index (χ3v) is 3.13. The molecule has 0 fully saturated rings. The van der Waals surface area contributed by atoms with Crippen molar-refractivity contribution in [1.82, 2.24) is 4.57 Å². The molecule has 3 heteroatoms. The lowest BCUT2D eigenvalue weighted by Crippen LogP contribution is -2.05. The van der Waals surface area contributed by atoms with Gasteiger partial charge in [-0.2, -0.15) is 0 Å². The van der Waals surface area contributed by atoms with Gasteiger partial charge in [0.1, 0.15) is 12.0 Å². The van der Waals surface area contributed by atoms with Crippen molar-refractivity contribution in [2.75, 3.05) is 7.11 Å². The Labute approximate surface area is 107 Å². The van der Waals surface area contributed by atoms with Gasteiger partial charge in [0, 0.05) is 23.4 Å². The molecule has 0 amide bonds.